The highest BCUT2D eigenvalue weighted by Crippen LogP contribution is 2.03. The number of carbonyl (C=O) groups is 2. The second-order valence-electron chi connectivity index (χ2n) is 4.09. The molecule has 110 valence electrons. The highest BCUT2D eigenvalue weighted by molar-refractivity contribution is 5.92. The third-order valence-electron chi connectivity index (χ3n) is 2.34. The van der Waals surface area contributed by atoms with Gasteiger partial charge in [0.1, 0.15) is 0 Å². The van der Waals surface area contributed by atoms with Crippen LogP contribution in [-0.2, 0) is 9.53 Å². The first kappa shape index (κ1) is 15.9. The number of methoxy groups -OCH3 is 1. The van der Waals surface area contributed by atoms with Crippen LogP contribution in [0.2, 0.25) is 0 Å². The van der Waals surface area contributed by atoms with Gasteiger partial charge in [0.15, 0.2) is 0 Å². The number of para-hydroxylation sites is 1. The number of aliphatic hydroxyl groups excluding tert-OH is 1. The smallest absolute Gasteiger partial charge is 0.319 e. The van der Waals surface area contributed by atoms with Gasteiger partial charge in [-0.05, 0) is 12.1 Å². The predicted octanol–water partition coefficient (Wildman–Crippen LogP) is -0.0684. The van der Waals surface area contributed by atoms with Gasteiger partial charge in [-0.25, -0.2) is 4.79 Å². The average Bonchev–Trinajstić information content (AvgIpc) is 2.44. The Morgan fingerprint density at radius 1 is 1.25 bits per heavy atom. The standard InChI is InChI=1S/C13H19N3O4/c1-20-9-11(17)7-14-12(18)8-15-13(19)16-10-5-3-2-4-6-10/h2-6,11,17H,7-9H2,1H3,(H,14,18)(H2,15,16,19). The monoisotopic (exact) mass is 281 g/mol. The molecule has 3 amide bonds. The van der Waals surface area contributed by atoms with Crippen LogP contribution in [0.1, 0.15) is 0 Å². The number of rotatable bonds is 7. The van der Waals surface area contributed by atoms with Crippen LogP contribution < -0.4 is 16.0 Å². The van der Waals surface area contributed by atoms with Crippen LogP contribution >= 0.6 is 0 Å². The number of amides is 3. The molecule has 0 aliphatic heterocycles. The van der Waals surface area contributed by atoms with Crippen molar-refractivity contribution >= 4 is 17.6 Å². The second-order valence-corrected chi connectivity index (χ2v) is 4.09. The molecule has 1 aromatic carbocycles. The first-order chi connectivity index (χ1) is 9.61. The van der Waals surface area contributed by atoms with Crippen molar-refractivity contribution < 1.29 is 19.4 Å². The van der Waals surface area contributed by atoms with Gasteiger partial charge in [0.25, 0.3) is 0 Å². The number of anilines is 1. The second kappa shape index (κ2) is 8.89. The molecule has 0 saturated carbocycles. The molecule has 1 atom stereocenters. The van der Waals surface area contributed by atoms with Crippen LogP contribution in [0.25, 0.3) is 0 Å². The summed E-state index contributed by atoms with van der Waals surface area (Å²) in [4.78, 5) is 22.9. The molecule has 1 rings (SSSR count). The van der Waals surface area contributed by atoms with E-state index in [1.165, 1.54) is 7.11 Å². The lowest BCUT2D eigenvalue weighted by atomic mass is 10.3. The summed E-state index contributed by atoms with van der Waals surface area (Å²) in [5.41, 5.74) is 0.640. The summed E-state index contributed by atoms with van der Waals surface area (Å²) in [5, 5.41) is 16.8. The summed E-state index contributed by atoms with van der Waals surface area (Å²) in [6.45, 7) is 0.0508. The molecule has 0 aliphatic carbocycles. The third kappa shape index (κ3) is 6.72. The molecule has 0 spiro atoms. The minimum atomic E-state index is -0.762. The summed E-state index contributed by atoms with van der Waals surface area (Å²) in [6.07, 6.45) is -0.762. The van der Waals surface area contributed by atoms with Gasteiger partial charge in [0.05, 0.1) is 19.3 Å². The molecular formula is C13H19N3O4. The molecule has 4 N–H and O–H groups in total. The zero-order chi connectivity index (χ0) is 14.8. The SMILES string of the molecule is COCC(O)CNC(=O)CNC(=O)Nc1ccccc1. The molecule has 0 heterocycles. The van der Waals surface area contributed by atoms with E-state index >= 15 is 0 Å². The molecule has 1 unspecified atom stereocenters. The molecule has 20 heavy (non-hydrogen) atoms. The predicted molar refractivity (Wildman–Crippen MR) is 74.4 cm³/mol. The molecule has 0 aromatic heterocycles. The van der Waals surface area contributed by atoms with E-state index in [0.29, 0.717) is 5.69 Å². The lowest BCUT2D eigenvalue weighted by molar-refractivity contribution is -0.120. The lowest BCUT2D eigenvalue weighted by Crippen LogP contribution is -2.42. The van der Waals surface area contributed by atoms with E-state index in [4.69, 9.17) is 4.74 Å². The fourth-order valence-corrected chi connectivity index (χ4v) is 1.40. The Hall–Kier alpha value is -2.12. The van der Waals surface area contributed by atoms with Gasteiger partial charge in [-0.3, -0.25) is 4.79 Å². The summed E-state index contributed by atoms with van der Waals surface area (Å²) in [6, 6.07) is 8.42. The van der Waals surface area contributed by atoms with Crippen LogP contribution in [0.4, 0.5) is 10.5 Å². The zero-order valence-electron chi connectivity index (χ0n) is 11.3. The summed E-state index contributed by atoms with van der Waals surface area (Å²) >= 11 is 0. The number of hydrogen-bond donors (Lipinski definition) is 4. The minimum absolute atomic E-state index is 0.0780. The van der Waals surface area contributed by atoms with Crippen LogP contribution in [0.3, 0.4) is 0 Å². The van der Waals surface area contributed by atoms with E-state index in [0.717, 1.165) is 0 Å². The number of carbonyl (C=O) groups excluding carboxylic acids is 2. The van der Waals surface area contributed by atoms with Gasteiger partial charge in [0.2, 0.25) is 5.91 Å². The molecule has 1 aromatic rings. The molecule has 0 bridgehead atoms. The van der Waals surface area contributed by atoms with E-state index < -0.39 is 12.1 Å². The van der Waals surface area contributed by atoms with Gasteiger partial charge < -0.3 is 25.8 Å². The Balaban J connectivity index is 2.19. The maximum atomic E-state index is 11.5. The fraction of sp³-hybridized carbons (Fsp3) is 0.385. The van der Waals surface area contributed by atoms with E-state index in [2.05, 4.69) is 16.0 Å². The van der Waals surface area contributed by atoms with Crippen LogP contribution in [0.5, 0.6) is 0 Å². The fourth-order valence-electron chi connectivity index (χ4n) is 1.40. The van der Waals surface area contributed by atoms with Crippen molar-refractivity contribution in [3.63, 3.8) is 0 Å². The number of ether oxygens (including phenoxy) is 1. The van der Waals surface area contributed by atoms with E-state index in [1.54, 1.807) is 24.3 Å². The van der Waals surface area contributed by atoms with Gasteiger partial charge >= 0.3 is 6.03 Å². The summed E-state index contributed by atoms with van der Waals surface area (Å²) in [5.74, 6) is -0.386. The molecule has 0 aliphatic rings. The molecule has 0 radical (unpaired) electrons. The highest BCUT2D eigenvalue weighted by atomic mass is 16.5. The van der Waals surface area contributed by atoms with E-state index in [-0.39, 0.29) is 25.6 Å². The van der Waals surface area contributed by atoms with Gasteiger partial charge in [-0.15, -0.1) is 0 Å². The summed E-state index contributed by atoms with van der Waals surface area (Å²) in [7, 11) is 1.46. The molecule has 0 fully saturated rings. The maximum Gasteiger partial charge on any atom is 0.319 e. The third-order valence-corrected chi connectivity index (χ3v) is 2.34. The zero-order valence-corrected chi connectivity index (χ0v) is 11.3. The topological polar surface area (TPSA) is 99.7 Å². The molecule has 0 saturated heterocycles. The maximum absolute atomic E-state index is 11.5. The molecule has 7 nitrogen and oxygen atoms in total. The molecule has 7 heteroatoms. The number of nitrogens with one attached hydrogen (secondary N) is 3. The van der Waals surface area contributed by atoms with Crippen molar-refractivity contribution in [3.8, 4) is 0 Å². The normalized spacial score (nSPS) is 11.5. The number of urea groups is 1. The van der Waals surface area contributed by atoms with Crippen molar-refractivity contribution in [3.05, 3.63) is 30.3 Å². The van der Waals surface area contributed by atoms with Gasteiger partial charge in [-0.1, -0.05) is 18.2 Å². The number of hydrogen-bond acceptors (Lipinski definition) is 4. The van der Waals surface area contributed by atoms with E-state index in [9.17, 15) is 14.7 Å². The Morgan fingerprint density at radius 2 is 1.95 bits per heavy atom. The van der Waals surface area contributed by atoms with Crippen molar-refractivity contribution in [2.24, 2.45) is 0 Å². The Bertz CT molecular complexity index is 425. The lowest BCUT2D eigenvalue weighted by Gasteiger charge is -2.11. The summed E-state index contributed by atoms with van der Waals surface area (Å²) < 4.78 is 4.72. The van der Waals surface area contributed by atoms with Crippen molar-refractivity contribution in [1.82, 2.24) is 10.6 Å². The van der Waals surface area contributed by atoms with Crippen molar-refractivity contribution in [1.29, 1.82) is 0 Å². The Morgan fingerprint density at radius 3 is 2.60 bits per heavy atom. The largest absolute Gasteiger partial charge is 0.389 e. The Kier molecular flexibility index (Phi) is 7.08. The van der Waals surface area contributed by atoms with Crippen molar-refractivity contribution in [2.45, 2.75) is 6.10 Å². The number of aliphatic hydroxyl groups is 1. The Labute approximate surface area is 117 Å². The average molecular weight is 281 g/mol. The van der Waals surface area contributed by atoms with Crippen LogP contribution in [0.15, 0.2) is 30.3 Å². The van der Waals surface area contributed by atoms with Gasteiger partial charge in [0, 0.05) is 19.3 Å². The van der Waals surface area contributed by atoms with Crippen LogP contribution in [0, 0.1) is 0 Å². The first-order valence-corrected chi connectivity index (χ1v) is 6.15. The number of benzene rings is 1. The van der Waals surface area contributed by atoms with Gasteiger partial charge in [-0.2, -0.15) is 0 Å². The minimum Gasteiger partial charge on any atom is -0.389 e. The first-order valence-electron chi connectivity index (χ1n) is 6.15. The van der Waals surface area contributed by atoms with Crippen molar-refractivity contribution in [2.75, 3.05) is 32.1 Å². The van der Waals surface area contributed by atoms with Crippen LogP contribution in [-0.4, -0.2) is 50.0 Å². The molecular weight excluding hydrogens is 262 g/mol. The quantitative estimate of drug-likeness (QED) is 0.562. The highest BCUT2D eigenvalue weighted by Gasteiger charge is 2.08. The van der Waals surface area contributed by atoms with E-state index in [1.807, 2.05) is 6.07 Å².